The lowest BCUT2D eigenvalue weighted by Crippen LogP contribution is -2.69. The molecule has 3 saturated heterocycles. The summed E-state index contributed by atoms with van der Waals surface area (Å²) >= 11 is 0. The van der Waals surface area contributed by atoms with Gasteiger partial charge in [-0.25, -0.2) is 0 Å². The van der Waals surface area contributed by atoms with Crippen molar-refractivity contribution in [1.29, 1.82) is 5.26 Å². The molecular weight excluding hydrogens is 348 g/mol. The smallest absolute Gasteiger partial charge is 0.253 e. The number of carbonyl (C=O) groups excluding carboxylic acids is 3. The van der Waals surface area contributed by atoms with E-state index < -0.39 is 12.1 Å². The first-order chi connectivity index (χ1) is 13.0. The van der Waals surface area contributed by atoms with E-state index in [1.54, 1.807) is 46.1 Å². The van der Waals surface area contributed by atoms with Crippen molar-refractivity contribution in [2.45, 2.75) is 24.6 Å². The zero-order chi connectivity index (χ0) is 19.1. The van der Waals surface area contributed by atoms with E-state index in [1.807, 2.05) is 6.07 Å². The Morgan fingerprint density at radius 2 is 1.78 bits per heavy atom. The predicted octanol–water partition coefficient (Wildman–Crippen LogP) is -0.159. The molecular formula is C19H20N4O4. The first kappa shape index (κ1) is 17.5. The number of rotatable bonds is 2. The molecule has 1 aromatic rings. The molecule has 4 rings (SSSR count). The van der Waals surface area contributed by atoms with Crippen molar-refractivity contribution in [2.24, 2.45) is 0 Å². The quantitative estimate of drug-likeness (QED) is 0.723. The number of methoxy groups -OCH3 is 1. The van der Waals surface area contributed by atoms with Crippen LogP contribution in [0.3, 0.4) is 0 Å². The van der Waals surface area contributed by atoms with Crippen LogP contribution in [0.2, 0.25) is 0 Å². The van der Waals surface area contributed by atoms with E-state index in [-0.39, 0.29) is 30.4 Å². The van der Waals surface area contributed by atoms with Gasteiger partial charge in [-0.15, -0.1) is 0 Å². The summed E-state index contributed by atoms with van der Waals surface area (Å²) in [5.74, 6) is -0.362. The van der Waals surface area contributed by atoms with Crippen LogP contribution in [0.25, 0.3) is 0 Å². The predicted molar refractivity (Wildman–Crippen MR) is 93.5 cm³/mol. The number of nitrogens with zero attached hydrogens (tertiary/aromatic N) is 4. The number of fused-ring (bicyclic) bond motifs is 2. The number of benzene rings is 1. The van der Waals surface area contributed by atoms with Crippen LogP contribution in [0.15, 0.2) is 24.3 Å². The lowest BCUT2D eigenvalue weighted by molar-refractivity contribution is -0.162. The molecule has 0 radical (unpaired) electrons. The third-order valence-corrected chi connectivity index (χ3v) is 5.66. The Morgan fingerprint density at radius 3 is 2.44 bits per heavy atom. The number of amides is 3. The van der Waals surface area contributed by atoms with Crippen LogP contribution >= 0.6 is 0 Å². The molecule has 140 valence electrons. The maximum atomic E-state index is 12.9. The monoisotopic (exact) mass is 368 g/mol. The summed E-state index contributed by atoms with van der Waals surface area (Å²) < 4.78 is 5.34. The van der Waals surface area contributed by atoms with Gasteiger partial charge in [0.05, 0.1) is 24.3 Å². The van der Waals surface area contributed by atoms with E-state index in [9.17, 15) is 14.4 Å². The zero-order valence-corrected chi connectivity index (χ0v) is 15.0. The Hall–Kier alpha value is -2.92. The number of hydrogen-bond donors (Lipinski definition) is 0. The molecule has 3 aliphatic heterocycles. The van der Waals surface area contributed by atoms with Gasteiger partial charge in [-0.05, 0) is 24.3 Å². The van der Waals surface area contributed by atoms with E-state index in [1.165, 1.54) is 0 Å². The summed E-state index contributed by atoms with van der Waals surface area (Å²) in [4.78, 5) is 43.4. The molecule has 8 heteroatoms. The highest BCUT2D eigenvalue weighted by Gasteiger charge is 2.52. The van der Waals surface area contributed by atoms with Crippen LogP contribution in [0.1, 0.15) is 22.3 Å². The summed E-state index contributed by atoms with van der Waals surface area (Å²) in [5.41, 5.74) is 0.952. The van der Waals surface area contributed by atoms with Crippen molar-refractivity contribution in [1.82, 2.24) is 14.7 Å². The average molecular weight is 368 g/mol. The van der Waals surface area contributed by atoms with E-state index in [2.05, 4.69) is 0 Å². The highest BCUT2D eigenvalue weighted by molar-refractivity contribution is 5.99. The van der Waals surface area contributed by atoms with Gasteiger partial charge < -0.3 is 19.4 Å². The molecule has 0 spiro atoms. The zero-order valence-electron chi connectivity index (χ0n) is 15.0. The minimum absolute atomic E-state index is 0.0513. The second-order valence-electron chi connectivity index (χ2n) is 7.09. The van der Waals surface area contributed by atoms with Crippen LogP contribution in [0.4, 0.5) is 0 Å². The van der Waals surface area contributed by atoms with Crippen molar-refractivity contribution in [2.75, 3.05) is 33.3 Å². The van der Waals surface area contributed by atoms with Crippen molar-refractivity contribution < 1.29 is 19.1 Å². The van der Waals surface area contributed by atoms with E-state index in [0.717, 1.165) is 0 Å². The normalized spacial score (nSPS) is 27.3. The molecule has 3 fully saturated rings. The standard InChI is InChI=1S/C19H20N4O4/c1-27-14-8-15-18(25)22-7-6-21(11-16(22)19(26)23(15)10-14)17(24)13-4-2-12(9-20)3-5-13/h2-5,14-16H,6-8,10-11H2,1H3. The van der Waals surface area contributed by atoms with Gasteiger partial charge in [0.2, 0.25) is 11.8 Å². The number of piperazine rings is 2. The summed E-state index contributed by atoms with van der Waals surface area (Å²) in [5, 5.41) is 8.88. The molecule has 0 saturated carbocycles. The summed E-state index contributed by atoms with van der Waals surface area (Å²) in [6.45, 7) is 1.33. The van der Waals surface area contributed by atoms with Crippen LogP contribution in [-0.4, -0.2) is 83.9 Å². The van der Waals surface area contributed by atoms with Crippen molar-refractivity contribution in [3.8, 4) is 6.07 Å². The molecule has 3 aliphatic rings. The SMILES string of the molecule is COC1CC2C(=O)N3CCN(C(=O)c4ccc(C#N)cc4)CC3C(=O)N2C1. The first-order valence-corrected chi connectivity index (χ1v) is 8.96. The Balaban J connectivity index is 1.52. The second-order valence-corrected chi connectivity index (χ2v) is 7.09. The maximum absolute atomic E-state index is 12.9. The number of hydrogen-bond acceptors (Lipinski definition) is 5. The van der Waals surface area contributed by atoms with Gasteiger partial charge in [0.15, 0.2) is 0 Å². The Kier molecular flexibility index (Phi) is 4.32. The molecule has 27 heavy (non-hydrogen) atoms. The Morgan fingerprint density at radius 1 is 1.07 bits per heavy atom. The van der Waals surface area contributed by atoms with Gasteiger partial charge in [-0.3, -0.25) is 14.4 Å². The van der Waals surface area contributed by atoms with Gasteiger partial charge in [-0.1, -0.05) is 0 Å². The van der Waals surface area contributed by atoms with E-state index >= 15 is 0 Å². The number of carbonyl (C=O) groups is 3. The van der Waals surface area contributed by atoms with E-state index in [4.69, 9.17) is 10.00 Å². The molecule has 0 aromatic heterocycles. The highest BCUT2D eigenvalue weighted by atomic mass is 16.5. The summed E-state index contributed by atoms with van der Waals surface area (Å²) in [7, 11) is 1.59. The van der Waals surface area contributed by atoms with E-state index in [0.29, 0.717) is 37.2 Å². The average Bonchev–Trinajstić information content (AvgIpc) is 3.16. The fourth-order valence-electron chi connectivity index (χ4n) is 4.14. The van der Waals surface area contributed by atoms with Gasteiger partial charge in [0.1, 0.15) is 12.1 Å². The number of ether oxygens (including phenoxy) is 1. The molecule has 1 aromatic carbocycles. The van der Waals surface area contributed by atoms with Crippen LogP contribution in [-0.2, 0) is 14.3 Å². The number of nitriles is 1. The van der Waals surface area contributed by atoms with Crippen molar-refractivity contribution >= 4 is 17.7 Å². The fourth-order valence-corrected chi connectivity index (χ4v) is 4.14. The summed E-state index contributed by atoms with van der Waals surface area (Å²) in [6.07, 6.45) is 0.402. The first-order valence-electron chi connectivity index (χ1n) is 8.96. The third kappa shape index (κ3) is 2.84. The molecule has 0 N–H and O–H groups in total. The molecule has 0 bridgehead atoms. The minimum atomic E-state index is -0.638. The topological polar surface area (TPSA) is 94.0 Å². The summed E-state index contributed by atoms with van der Waals surface area (Å²) in [6, 6.07) is 7.35. The van der Waals surface area contributed by atoms with Gasteiger partial charge in [0, 0.05) is 38.7 Å². The Labute approximate surface area is 156 Å². The van der Waals surface area contributed by atoms with Gasteiger partial charge in [0.25, 0.3) is 5.91 Å². The molecule has 8 nitrogen and oxygen atoms in total. The highest BCUT2D eigenvalue weighted by Crippen LogP contribution is 2.30. The molecule has 3 unspecified atom stereocenters. The molecule has 0 aliphatic carbocycles. The second kappa shape index (κ2) is 6.67. The van der Waals surface area contributed by atoms with Gasteiger partial charge in [-0.2, -0.15) is 5.26 Å². The molecule has 3 atom stereocenters. The minimum Gasteiger partial charge on any atom is -0.380 e. The fraction of sp³-hybridized carbons (Fsp3) is 0.474. The lowest BCUT2D eigenvalue weighted by atomic mass is 10.0. The van der Waals surface area contributed by atoms with Crippen molar-refractivity contribution in [3.63, 3.8) is 0 Å². The molecule has 3 amide bonds. The molecule has 3 heterocycles. The largest absolute Gasteiger partial charge is 0.380 e. The Bertz CT molecular complexity index is 831. The van der Waals surface area contributed by atoms with Crippen LogP contribution < -0.4 is 0 Å². The third-order valence-electron chi connectivity index (χ3n) is 5.66. The van der Waals surface area contributed by atoms with Gasteiger partial charge >= 0.3 is 0 Å². The van der Waals surface area contributed by atoms with Crippen molar-refractivity contribution in [3.05, 3.63) is 35.4 Å². The lowest BCUT2D eigenvalue weighted by Gasteiger charge is -2.47. The maximum Gasteiger partial charge on any atom is 0.253 e. The van der Waals surface area contributed by atoms with Crippen LogP contribution in [0, 0.1) is 11.3 Å². The van der Waals surface area contributed by atoms with Crippen LogP contribution in [0.5, 0.6) is 0 Å².